The number of rotatable bonds is 4. The Morgan fingerprint density at radius 3 is 2.24 bits per heavy atom. The van der Waals surface area contributed by atoms with Crippen molar-refractivity contribution in [1.82, 2.24) is 5.32 Å². The van der Waals surface area contributed by atoms with Gasteiger partial charge in [-0.3, -0.25) is 10.1 Å². The predicted molar refractivity (Wildman–Crippen MR) is 79.7 cm³/mol. The highest BCUT2D eigenvalue weighted by Crippen LogP contribution is 2.20. The fourth-order valence-corrected chi connectivity index (χ4v) is 1.81. The summed E-state index contributed by atoms with van der Waals surface area (Å²) in [6.07, 6.45) is -0.665. The van der Waals surface area contributed by atoms with Crippen LogP contribution in [0.5, 0.6) is 0 Å². The first-order chi connectivity index (χ1) is 9.60. The third-order valence-corrected chi connectivity index (χ3v) is 2.92. The number of ether oxygens (including phenoxy) is 1. The van der Waals surface area contributed by atoms with Crippen LogP contribution in [0.1, 0.15) is 44.9 Å². The Balaban J connectivity index is 2.95. The molecule has 1 rings (SSSR count). The molecule has 0 bridgehead atoms. The maximum Gasteiger partial charge on any atom is 0.408 e. The van der Waals surface area contributed by atoms with Gasteiger partial charge in [-0.1, -0.05) is 29.8 Å². The number of hydrogen-bond donors (Lipinski definition) is 1. The molecule has 1 amide bonds. The van der Waals surface area contributed by atoms with Gasteiger partial charge >= 0.3 is 6.09 Å². The second kappa shape index (κ2) is 6.56. The van der Waals surface area contributed by atoms with Crippen LogP contribution in [0.25, 0.3) is 0 Å². The van der Waals surface area contributed by atoms with Crippen LogP contribution < -0.4 is 5.32 Å². The van der Waals surface area contributed by atoms with Crippen molar-refractivity contribution >= 4 is 6.09 Å². The fraction of sp³-hybridized carbons (Fsp3) is 0.533. The van der Waals surface area contributed by atoms with E-state index in [-0.39, 0.29) is 0 Å². The Morgan fingerprint density at radius 1 is 1.29 bits per heavy atom. The number of nitrogens with zero attached hydrogens (tertiary/aromatic N) is 1. The van der Waals surface area contributed by atoms with E-state index in [1.54, 1.807) is 32.9 Å². The molecule has 2 atom stereocenters. The van der Waals surface area contributed by atoms with Gasteiger partial charge < -0.3 is 10.1 Å². The summed E-state index contributed by atoms with van der Waals surface area (Å²) < 4.78 is 5.17. The largest absolute Gasteiger partial charge is 0.444 e. The number of aryl methyl sites for hydroxylation is 1. The van der Waals surface area contributed by atoms with E-state index in [1.807, 2.05) is 19.1 Å². The molecule has 6 heteroatoms. The maximum absolute atomic E-state index is 11.9. The Kier molecular flexibility index (Phi) is 5.29. The molecule has 0 saturated carbocycles. The van der Waals surface area contributed by atoms with Gasteiger partial charge in [-0.15, -0.1) is 0 Å². The van der Waals surface area contributed by atoms with Crippen molar-refractivity contribution < 1.29 is 14.5 Å². The smallest absolute Gasteiger partial charge is 0.408 e. The summed E-state index contributed by atoms with van der Waals surface area (Å²) in [5, 5.41) is 13.6. The van der Waals surface area contributed by atoms with Crippen molar-refractivity contribution in [3.05, 3.63) is 45.5 Å². The third kappa shape index (κ3) is 5.41. The first-order valence-electron chi connectivity index (χ1n) is 6.80. The molecule has 1 aromatic carbocycles. The quantitative estimate of drug-likeness (QED) is 0.682. The van der Waals surface area contributed by atoms with Gasteiger partial charge in [-0.25, -0.2) is 4.79 Å². The number of nitrogens with one attached hydrogen (secondary N) is 1. The zero-order valence-corrected chi connectivity index (χ0v) is 13.0. The summed E-state index contributed by atoms with van der Waals surface area (Å²) in [4.78, 5) is 22.5. The average Bonchev–Trinajstić information content (AvgIpc) is 2.34. The third-order valence-electron chi connectivity index (χ3n) is 2.92. The van der Waals surface area contributed by atoms with E-state index in [0.717, 1.165) is 5.56 Å². The maximum atomic E-state index is 11.9. The number of alkyl carbamates (subject to hydrolysis) is 1. The summed E-state index contributed by atoms with van der Waals surface area (Å²) in [6.45, 7) is 8.61. The molecular formula is C15H22N2O4. The van der Waals surface area contributed by atoms with Crippen LogP contribution in [0.3, 0.4) is 0 Å². The van der Waals surface area contributed by atoms with Crippen molar-refractivity contribution in [2.24, 2.45) is 0 Å². The van der Waals surface area contributed by atoms with Gasteiger partial charge in [0.15, 0.2) is 0 Å². The number of carbonyl (C=O) groups is 1. The van der Waals surface area contributed by atoms with E-state index in [0.29, 0.717) is 5.56 Å². The Labute approximate surface area is 124 Å². The molecule has 0 spiro atoms. The fourth-order valence-electron chi connectivity index (χ4n) is 1.81. The molecule has 0 aliphatic heterocycles. The minimum absolute atomic E-state index is 0.415. The number of benzene rings is 1. The van der Waals surface area contributed by atoms with E-state index in [2.05, 4.69) is 5.32 Å². The molecule has 6 nitrogen and oxygen atoms in total. The van der Waals surface area contributed by atoms with E-state index >= 15 is 0 Å². The van der Waals surface area contributed by atoms with Gasteiger partial charge in [0.05, 0.1) is 0 Å². The van der Waals surface area contributed by atoms with Crippen LogP contribution in [-0.4, -0.2) is 22.7 Å². The highest BCUT2D eigenvalue weighted by atomic mass is 16.6. The Hall–Kier alpha value is -2.11. The first kappa shape index (κ1) is 16.9. The molecule has 116 valence electrons. The molecule has 0 aliphatic carbocycles. The normalized spacial score (nSPS) is 14.1. The van der Waals surface area contributed by atoms with Crippen LogP contribution in [0.15, 0.2) is 24.3 Å². The minimum atomic E-state index is -0.958. The topological polar surface area (TPSA) is 81.5 Å². The first-order valence-corrected chi connectivity index (χ1v) is 6.80. The lowest BCUT2D eigenvalue weighted by Gasteiger charge is -2.24. The molecule has 0 heterocycles. The predicted octanol–water partition coefficient (Wildman–Crippen LogP) is 3.23. The van der Waals surface area contributed by atoms with Gasteiger partial charge in [0.2, 0.25) is 6.04 Å². The molecule has 0 saturated heterocycles. The Bertz CT molecular complexity index is 505. The highest BCUT2D eigenvalue weighted by molar-refractivity contribution is 5.68. The second-order valence-electron chi connectivity index (χ2n) is 6.06. The van der Waals surface area contributed by atoms with Crippen molar-refractivity contribution in [1.29, 1.82) is 0 Å². The lowest BCUT2D eigenvalue weighted by Crippen LogP contribution is -2.41. The molecule has 1 N–H and O–H groups in total. The number of hydrogen-bond acceptors (Lipinski definition) is 4. The van der Waals surface area contributed by atoms with Crippen molar-refractivity contribution in [2.45, 2.75) is 52.3 Å². The van der Waals surface area contributed by atoms with E-state index in [1.165, 1.54) is 6.92 Å². The number of carbonyl (C=O) groups excluding carboxylic acids is 1. The second-order valence-corrected chi connectivity index (χ2v) is 6.06. The van der Waals surface area contributed by atoms with Gasteiger partial charge in [-0.05, 0) is 33.3 Å². The van der Waals surface area contributed by atoms with E-state index in [4.69, 9.17) is 4.74 Å². The van der Waals surface area contributed by atoms with Gasteiger partial charge in [-0.2, -0.15) is 0 Å². The van der Waals surface area contributed by atoms with Gasteiger partial charge in [0.1, 0.15) is 11.6 Å². The molecule has 21 heavy (non-hydrogen) atoms. The SMILES string of the molecule is Cc1ccc([C@@H](NC(=O)OC(C)(C)C)[C@H](C)[N+](=O)[O-])cc1. The Morgan fingerprint density at radius 2 is 1.81 bits per heavy atom. The van der Waals surface area contributed by atoms with Crippen LogP contribution in [-0.2, 0) is 4.74 Å². The molecule has 0 aromatic heterocycles. The number of amides is 1. The van der Waals surface area contributed by atoms with Crippen LogP contribution in [0.2, 0.25) is 0 Å². The van der Waals surface area contributed by atoms with E-state index < -0.39 is 28.7 Å². The zero-order chi connectivity index (χ0) is 16.2. The summed E-state index contributed by atoms with van der Waals surface area (Å²) in [6, 6.07) is 5.56. The van der Waals surface area contributed by atoms with Gasteiger partial charge in [0.25, 0.3) is 0 Å². The summed E-state index contributed by atoms with van der Waals surface area (Å²) in [7, 11) is 0. The van der Waals surface area contributed by atoms with Crippen LogP contribution in [0.4, 0.5) is 4.79 Å². The molecule has 0 unspecified atom stereocenters. The zero-order valence-electron chi connectivity index (χ0n) is 13.0. The van der Waals surface area contributed by atoms with Crippen molar-refractivity contribution in [3.63, 3.8) is 0 Å². The molecule has 0 fully saturated rings. The van der Waals surface area contributed by atoms with Crippen molar-refractivity contribution in [2.75, 3.05) is 0 Å². The molecule has 1 aromatic rings. The monoisotopic (exact) mass is 294 g/mol. The van der Waals surface area contributed by atoms with Crippen LogP contribution in [0, 0.1) is 17.0 Å². The molecule has 0 radical (unpaired) electrons. The standard InChI is InChI=1S/C15H22N2O4/c1-10-6-8-12(9-7-10)13(11(2)17(19)20)16-14(18)21-15(3,4)5/h6-9,11,13H,1-5H3,(H,16,18)/t11-,13-/m0/s1. The lowest BCUT2D eigenvalue weighted by atomic mass is 10.00. The average molecular weight is 294 g/mol. The summed E-state index contributed by atoms with van der Waals surface area (Å²) >= 11 is 0. The van der Waals surface area contributed by atoms with Crippen molar-refractivity contribution in [3.8, 4) is 0 Å². The highest BCUT2D eigenvalue weighted by Gasteiger charge is 2.31. The van der Waals surface area contributed by atoms with E-state index in [9.17, 15) is 14.9 Å². The molecular weight excluding hydrogens is 272 g/mol. The van der Waals surface area contributed by atoms with Gasteiger partial charge in [0, 0.05) is 11.8 Å². The lowest BCUT2D eigenvalue weighted by molar-refractivity contribution is -0.523. The minimum Gasteiger partial charge on any atom is -0.444 e. The molecule has 0 aliphatic rings. The summed E-state index contributed by atoms with van der Waals surface area (Å²) in [5.74, 6) is 0. The summed E-state index contributed by atoms with van der Waals surface area (Å²) in [5.41, 5.74) is 1.07. The number of nitro groups is 1. The van der Waals surface area contributed by atoms with Crippen LogP contribution >= 0.6 is 0 Å².